The molecule has 2 rings (SSSR count). The van der Waals surface area contributed by atoms with Crippen LogP contribution in [-0.4, -0.2) is 22.0 Å². The lowest BCUT2D eigenvalue weighted by atomic mass is 10.2. The summed E-state index contributed by atoms with van der Waals surface area (Å²) in [5, 5.41) is 15.1. The molecule has 0 saturated carbocycles. The van der Waals surface area contributed by atoms with E-state index in [1.165, 1.54) is 29.8 Å². The van der Waals surface area contributed by atoms with Crippen LogP contribution in [0.25, 0.3) is 0 Å². The molecule has 1 amide bonds. The third kappa shape index (κ3) is 2.38. The van der Waals surface area contributed by atoms with Gasteiger partial charge in [0.2, 0.25) is 0 Å². The molecule has 0 aliphatic heterocycles. The topological polar surface area (TPSA) is 79.3 Å². The van der Waals surface area contributed by atoms with Crippen molar-refractivity contribution in [2.24, 2.45) is 0 Å². The zero-order valence-electron chi connectivity index (χ0n) is 9.51. The molecule has 0 atom stereocenters. The quantitative estimate of drug-likeness (QED) is 0.890. The number of hydrogen-bond donors (Lipinski definition) is 2. The van der Waals surface area contributed by atoms with Crippen LogP contribution >= 0.6 is 11.3 Å². The van der Waals surface area contributed by atoms with E-state index in [4.69, 9.17) is 5.11 Å². The molecule has 92 valence electrons. The number of nitrogens with one attached hydrogen (secondary N) is 1. The Morgan fingerprint density at radius 3 is 2.72 bits per heavy atom. The zero-order valence-corrected chi connectivity index (χ0v) is 10.3. The molecule has 5 nitrogen and oxygen atoms in total. The van der Waals surface area contributed by atoms with Crippen LogP contribution in [0.5, 0.6) is 0 Å². The van der Waals surface area contributed by atoms with E-state index >= 15 is 0 Å². The van der Waals surface area contributed by atoms with Crippen molar-refractivity contribution in [3.8, 4) is 0 Å². The highest BCUT2D eigenvalue weighted by Crippen LogP contribution is 2.18. The predicted octanol–water partition coefficient (Wildman–Crippen LogP) is 2.40. The van der Waals surface area contributed by atoms with E-state index in [0.29, 0.717) is 5.56 Å². The maximum Gasteiger partial charge on any atom is 0.337 e. The molecule has 0 aliphatic rings. The van der Waals surface area contributed by atoms with Crippen molar-refractivity contribution in [1.82, 2.24) is 4.98 Å². The summed E-state index contributed by atoms with van der Waals surface area (Å²) < 4.78 is 0. The number of hydrogen-bond acceptors (Lipinski definition) is 4. The first-order valence-corrected chi connectivity index (χ1v) is 6.05. The van der Waals surface area contributed by atoms with Crippen LogP contribution < -0.4 is 5.32 Å². The highest BCUT2D eigenvalue weighted by atomic mass is 32.1. The van der Waals surface area contributed by atoms with Gasteiger partial charge in [0.1, 0.15) is 0 Å². The second-order valence-electron chi connectivity index (χ2n) is 3.65. The van der Waals surface area contributed by atoms with E-state index in [-0.39, 0.29) is 17.2 Å². The number of carboxylic acids is 1. The van der Waals surface area contributed by atoms with E-state index in [1.54, 1.807) is 5.38 Å². The molecule has 0 spiro atoms. The summed E-state index contributed by atoms with van der Waals surface area (Å²) in [5.74, 6) is -1.43. The van der Waals surface area contributed by atoms with Gasteiger partial charge in [-0.1, -0.05) is 0 Å². The normalized spacial score (nSPS) is 10.1. The van der Waals surface area contributed by atoms with Gasteiger partial charge in [-0.2, -0.15) is 11.3 Å². The number of amides is 1. The SMILES string of the molecule is Cc1cscc1C(=O)Nc1cnccc1C(=O)O. The summed E-state index contributed by atoms with van der Waals surface area (Å²) in [6.07, 6.45) is 2.69. The molecule has 0 unspecified atom stereocenters. The van der Waals surface area contributed by atoms with Crippen molar-refractivity contribution >= 4 is 28.9 Å². The van der Waals surface area contributed by atoms with Gasteiger partial charge in [-0.25, -0.2) is 4.79 Å². The minimum Gasteiger partial charge on any atom is -0.478 e. The number of rotatable bonds is 3. The average molecular weight is 262 g/mol. The van der Waals surface area contributed by atoms with Crippen molar-refractivity contribution in [1.29, 1.82) is 0 Å². The Bertz CT molecular complexity index is 607. The molecule has 2 heterocycles. The summed E-state index contributed by atoms with van der Waals surface area (Å²) in [5.41, 5.74) is 1.62. The monoisotopic (exact) mass is 262 g/mol. The average Bonchev–Trinajstić information content (AvgIpc) is 2.76. The van der Waals surface area contributed by atoms with Gasteiger partial charge in [0.05, 0.1) is 23.0 Å². The molecule has 0 radical (unpaired) electrons. The van der Waals surface area contributed by atoms with Crippen molar-refractivity contribution in [3.63, 3.8) is 0 Å². The molecule has 0 aliphatic carbocycles. The van der Waals surface area contributed by atoms with E-state index in [2.05, 4.69) is 10.3 Å². The number of thiophene rings is 1. The standard InChI is InChI=1S/C12H10N2O3S/c1-7-5-18-6-9(7)11(15)14-10-4-13-3-2-8(10)12(16)17/h2-6H,1H3,(H,14,15)(H,16,17). The molecule has 18 heavy (non-hydrogen) atoms. The van der Waals surface area contributed by atoms with Crippen LogP contribution in [0.2, 0.25) is 0 Å². The van der Waals surface area contributed by atoms with Crippen LogP contribution in [0.1, 0.15) is 26.3 Å². The maximum atomic E-state index is 11.9. The fourth-order valence-electron chi connectivity index (χ4n) is 1.46. The van der Waals surface area contributed by atoms with Crippen LogP contribution in [0.3, 0.4) is 0 Å². The van der Waals surface area contributed by atoms with Gasteiger partial charge in [0, 0.05) is 11.6 Å². The van der Waals surface area contributed by atoms with Crippen LogP contribution in [0.15, 0.2) is 29.2 Å². The van der Waals surface area contributed by atoms with E-state index in [1.807, 2.05) is 12.3 Å². The van der Waals surface area contributed by atoms with Crippen LogP contribution in [0.4, 0.5) is 5.69 Å². The molecule has 0 saturated heterocycles. The number of anilines is 1. The first kappa shape index (κ1) is 12.3. The summed E-state index contributed by atoms with van der Waals surface area (Å²) in [6.45, 7) is 1.83. The molecular formula is C12H10N2O3S. The number of carbonyl (C=O) groups excluding carboxylic acids is 1. The molecule has 2 aromatic rings. The minimum absolute atomic E-state index is 0.0197. The lowest BCUT2D eigenvalue weighted by Crippen LogP contribution is -2.15. The summed E-state index contributed by atoms with van der Waals surface area (Å²) in [6, 6.07) is 1.35. The number of aromatic carboxylic acids is 1. The lowest BCUT2D eigenvalue weighted by Gasteiger charge is -2.07. The summed E-state index contributed by atoms with van der Waals surface area (Å²) in [7, 11) is 0. The van der Waals surface area contributed by atoms with Gasteiger partial charge in [-0.15, -0.1) is 0 Å². The second kappa shape index (κ2) is 4.97. The van der Waals surface area contributed by atoms with Gasteiger partial charge >= 0.3 is 5.97 Å². The number of aromatic nitrogens is 1. The Balaban J connectivity index is 2.28. The Labute approximate surface area is 107 Å². The van der Waals surface area contributed by atoms with Gasteiger partial charge in [-0.3, -0.25) is 9.78 Å². The fourth-order valence-corrected chi connectivity index (χ4v) is 2.29. The summed E-state index contributed by atoms with van der Waals surface area (Å²) >= 11 is 1.42. The molecule has 2 aromatic heterocycles. The van der Waals surface area contributed by atoms with Gasteiger partial charge in [-0.05, 0) is 23.9 Å². The van der Waals surface area contributed by atoms with Crippen molar-refractivity contribution in [2.75, 3.05) is 5.32 Å². The molecule has 0 bridgehead atoms. The Hall–Kier alpha value is -2.21. The van der Waals surface area contributed by atoms with Crippen LogP contribution in [0, 0.1) is 6.92 Å². The molecule has 0 fully saturated rings. The Kier molecular flexibility index (Phi) is 3.38. The summed E-state index contributed by atoms with van der Waals surface area (Å²) in [4.78, 5) is 26.7. The Morgan fingerprint density at radius 1 is 1.33 bits per heavy atom. The largest absolute Gasteiger partial charge is 0.478 e. The van der Waals surface area contributed by atoms with E-state index < -0.39 is 5.97 Å². The van der Waals surface area contributed by atoms with Gasteiger partial charge in [0.25, 0.3) is 5.91 Å². The molecule has 6 heteroatoms. The van der Waals surface area contributed by atoms with E-state index in [9.17, 15) is 9.59 Å². The number of nitrogens with zero attached hydrogens (tertiary/aromatic N) is 1. The van der Waals surface area contributed by atoms with E-state index in [0.717, 1.165) is 5.56 Å². The lowest BCUT2D eigenvalue weighted by molar-refractivity contribution is 0.0698. The van der Waals surface area contributed by atoms with Crippen molar-refractivity contribution in [2.45, 2.75) is 6.92 Å². The second-order valence-corrected chi connectivity index (χ2v) is 4.39. The molecular weight excluding hydrogens is 252 g/mol. The highest BCUT2D eigenvalue weighted by molar-refractivity contribution is 7.08. The minimum atomic E-state index is -1.10. The maximum absolute atomic E-state index is 11.9. The van der Waals surface area contributed by atoms with Gasteiger partial charge in [0.15, 0.2) is 0 Å². The fraction of sp³-hybridized carbons (Fsp3) is 0.0833. The molecule has 2 N–H and O–H groups in total. The zero-order chi connectivity index (χ0) is 13.1. The third-order valence-corrected chi connectivity index (χ3v) is 3.26. The predicted molar refractivity (Wildman–Crippen MR) is 68.2 cm³/mol. The van der Waals surface area contributed by atoms with Crippen LogP contribution in [-0.2, 0) is 0 Å². The highest BCUT2D eigenvalue weighted by Gasteiger charge is 2.15. The number of pyridine rings is 1. The number of carbonyl (C=O) groups is 2. The number of carboxylic acid groups (broad SMARTS) is 1. The first-order valence-electron chi connectivity index (χ1n) is 5.11. The van der Waals surface area contributed by atoms with Crippen molar-refractivity contribution in [3.05, 3.63) is 45.9 Å². The van der Waals surface area contributed by atoms with Gasteiger partial charge < -0.3 is 10.4 Å². The Morgan fingerprint density at radius 2 is 2.11 bits per heavy atom. The number of aryl methyl sites for hydroxylation is 1. The third-order valence-electron chi connectivity index (χ3n) is 2.40. The molecule has 0 aromatic carbocycles. The smallest absolute Gasteiger partial charge is 0.337 e. The van der Waals surface area contributed by atoms with Crippen molar-refractivity contribution < 1.29 is 14.7 Å². The first-order chi connectivity index (χ1) is 8.59.